The minimum Gasteiger partial charge on any atom is -0.437 e. The van der Waals surface area contributed by atoms with Crippen LogP contribution in [0.25, 0.3) is 0 Å². The molecule has 1 aromatic carbocycles. The number of nitrogens with zero attached hydrogens (tertiary/aromatic N) is 3. The molecule has 0 amide bonds. The fourth-order valence-electron chi connectivity index (χ4n) is 1.59. The van der Waals surface area contributed by atoms with E-state index in [1.54, 1.807) is 19.9 Å². The fraction of sp³-hybridized carbons (Fsp3) is 0.167. The molecule has 0 saturated carbocycles. The predicted octanol–water partition coefficient (Wildman–Crippen LogP) is 4.10. The number of nitro groups is 1. The van der Waals surface area contributed by atoms with Crippen molar-refractivity contribution in [3.63, 3.8) is 0 Å². The third-order valence-corrected chi connectivity index (χ3v) is 3.02. The third kappa shape index (κ3) is 2.97. The summed E-state index contributed by atoms with van der Waals surface area (Å²) in [6, 6.07) is 2.99. The molecule has 2 aromatic rings. The van der Waals surface area contributed by atoms with Crippen molar-refractivity contribution in [2.45, 2.75) is 13.8 Å². The first-order chi connectivity index (χ1) is 9.38. The molecule has 0 atom stereocenters. The second kappa shape index (κ2) is 5.60. The van der Waals surface area contributed by atoms with Gasteiger partial charge in [0.1, 0.15) is 10.8 Å². The highest BCUT2D eigenvalue weighted by Gasteiger charge is 2.16. The Morgan fingerprint density at radius 3 is 2.60 bits per heavy atom. The molecule has 0 fully saturated rings. The van der Waals surface area contributed by atoms with Gasteiger partial charge in [-0.1, -0.05) is 11.6 Å². The molecular weight excluding hydrogens is 305 g/mol. The van der Waals surface area contributed by atoms with Gasteiger partial charge in [0.2, 0.25) is 11.2 Å². The van der Waals surface area contributed by atoms with Crippen molar-refractivity contribution in [1.29, 1.82) is 0 Å². The van der Waals surface area contributed by atoms with Crippen LogP contribution in [0.5, 0.6) is 11.6 Å². The van der Waals surface area contributed by atoms with Crippen LogP contribution in [0.1, 0.15) is 11.1 Å². The standard InChI is InChI=1S/C12H9Cl2N3O3/c1-6-4-10(7(2)3-9(6)17(18)19)20-11-8(13)5-15-12(14)16-11/h3-5H,1-2H3. The Kier molecular flexibility index (Phi) is 4.06. The Morgan fingerprint density at radius 2 is 1.95 bits per heavy atom. The summed E-state index contributed by atoms with van der Waals surface area (Å²) >= 11 is 11.6. The molecule has 1 heterocycles. The van der Waals surface area contributed by atoms with Gasteiger partial charge in [-0.3, -0.25) is 10.1 Å². The minimum atomic E-state index is -0.444. The van der Waals surface area contributed by atoms with E-state index >= 15 is 0 Å². The number of aryl methyl sites for hydroxylation is 2. The molecular formula is C12H9Cl2N3O3. The number of hydrogen-bond acceptors (Lipinski definition) is 5. The molecule has 1 aromatic heterocycles. The highest BCUT2D eigenvalue weighted by Crippen LogP contribution is 2.33. The Hall–Kier alpha value is -1.92. The first-order valence-electron chi connectivity index (χ1n) is 5.50. The number of benzene rings is 1. The van der Waals surface area contributed by atoms with Gasteiger partial charge in [-0.05, 0) is 37.1 Å². The Morgan fingerprint density at radius 1 is 1.25 bits per heavy atom. The van der Waals surface area contributed by atoms with Crippen LogP contribution in [-0.4, -0.2) is 14.9 Å². The summed E-state index contributed by atoms with van der Waals surface area (Å²) in [5.74, 6) is 0.521. The smallest absolute Gasteiger partial charge is 0.272 e. The largest absolute Gasteiger partial charge is 0.437 e. The first kappa shape index (κ1) is 14.5. The van der Waals surface area contributed by atoms with Crippen molar-refractivity contribution >= 4 is 28.9 Å². The van der Waals surface area contributed by atoms with E-state index in [1.165, 1.54) is 12.3 Å². The lowest BCUT2D eigenvalue weighted by molar-refractivity contribution is -0.385. The second-order valence-electron chi connectivity index (χ2n) is 4.06. The van der Waals surface area contributed by atoms with Crippen LogP contribution >= 0.6 is 23.2 Å². The predicted molar refractivity (Wildman–Crippen MR) is 74.7 cm³/mol. The van der Waals surface area contributed by atoms with E-state index in [0.29, 0.717) is 16.9 Å². The molecule has 0 aliphatic rings. The molecule has 0 spiro atoms. The normalized spacial score (nSPS) is 10.4. The summed E-state index contributed by atoms with van der Waals surface area (Å²) < 4.78 is 5.55. The number of nitro benzene ring substituents is 1. The van der Waals surface area contributed by atoms with Gasteiger partial charge in [0, 0.05) is 11.6 Å². The molecule has 20 heavy (non-hydrogen) atoms. The summed E-state index contributed by atoms with van der Waals surface area (Å²) in [4.78, 5) is 18.0. The van der Waals surface area contributed by atoms with Crippen molar-refractivity contribution in [2.24, 2.45) is 0 Å². The molecule has 0 N–H and O–H groups in total. The van der Waals surface area contributed by atoms with Crippen LogP contribution in [0.4, 0.5) is 5.69 Å². The van der Waals surface area contributed by atoms with E-state index in [-0.39, 0.29) is 21.9 Å². The highest BCUT2D eigenvalue weighted by molar-refractivity contribution is 6.32. The minimum absolute atomic E-state index is 0.000636. The maximum atomic E-state index is 10.8. The summed E-state index contributed by atoms with van der Waals surface area (Å²) in [5, 5.41) is 11.0. The molecule has 104 valence electrons. The van der Waals surface area contributed by atoms with Crippen LogP contribution in [0, 0.1) is 24.0 Å². The van der Waals surface area contributed by atoms with Crippen LogP contribution in [0.15, 0.2) is 18.3 Å². The molecule has 0 bridgehead atoms. The Balaban J connectivity index is 2.42. The molecule has 2 rings (SSSR count). The zero-order valence-corrected chi connectivity index (χ0v) is 12.1. The van der Waals surface area contributed by atoms with Gasteiger partial charge in [-0.25, -0.2) is 4.98 Å². The van der Waals surface area contributed by atoms with Crippen molar-refractivity contribution in [1.82, 2.24) is 9.97 Å². The zero-order chi connectivity index (χ0) is 14.9. The molecule has 8 heteroatoms. The molecule has 0 unspecified atom stereocenters. The quantitative estimate of drug-likeness (QED) is 0.484. The van der Waals surface area contributed by atoms with Gasteiger partial charge in [0.15, 0.2) is 0 Å². The van der Waals surface area contributed by atoms with E-state index in [9.17, 15) is 10.1 Å². The number of aromatic nitrogens is 2. The molecule has 0 aliphatic carbocycles. The van der Waals surface area contributed by atoms with Gasteiger partial charge in [-0.15, -0.1) is 0 Å². The van der Waals surface area contributed by atoms with E-state index < -0.39 is 4.92 Å². The SMILES string of the molecule is Cc1cc([N+](=O)[O-])c(C)cc1Oc1nc(Cl)ncc1Cl. The topological polar surface area (TPSA) is 78.2 Å². The lowest BCUT2D eigenvalue weighted by Gasteiger charge is -2.10. The van der Waals surface area contributed by atoms with Gasteiger partial charge in [0.25, 0.3) is 5.69 Å². The summed E-state index contributed by atoms with van der Waals surface area (Å²) in [6.07, 6.45) is 1.32. The van der Waals surface area contributed by atoms with E-state index in [1.807, 2.05) is 0 Å². The third-order valence-electron chi connectivity index (χ3n) is 2.58. The number of rotatable bonds is 3. The Bertz CT molecular complexity index is 692. The van der Waals surface area contributed by atoms with Crippen LogP contribution < -0.4 is 4.74 Å². The number of ether oxygens (including phenoxy) is 1. The Labute approximate surface area is 124 Å². The van der Waals surface area contributed by atoms with Crippen molar-refractivity contribution in [3.8, 4) is 11.6 Å². The molecule has 0 saturated heterocycles. The molecule has 0 aliphatic heterocycles. The fourth-order valence-corrected chi connectivity index (χ4v) is 1.84. The lowest BCUT2D eigenvalue weighted by atomic mass is 10.1. The van der Waals surface area contributed by atoms with E-state index in [2.05, 4.69) is 9.97 Å². The average Bonchev–Trinajstić information content (AvgIpc) is 2.37. The van der Waals surface area contributed by atoms with Crippen LogP contribution in [0.3, 0.4) is 0 Å². The van der Waals surface area contributed by atoms with Gasteiger partial charge in [-0.2, -0.15) is 4.98 Å². The summed E-state index contributed by atoms with van der Waals surface area (Å²) in [5.41, 5.74) is 1.10. The van der Waals surface area contributed by atoms with Gasteiger partial charge >= 0.3 is 0 Å². The monoisotopic (exact) mass is 313 g/mol. The van der Waals surface area contributed by atoms with E-state index in [4.69, 9.17) is 27.9 Å². The summed E-state index contributed by atoms with van der Waals surface area (Å²) in [7, 11) is 0. The highest BCUT2D eigenvalue weighted by atomic mass is 35.5. The maximum Gasteiger partial charge on any atom is 0.272 e. The number of halogens is 2. The van der Waals surface area contributed by atoms with Crippen LogP contribution in [0.2, 0.25) is 10.3 Å². The number of hydrogen-bond donors (Lipinski definition) is 0. The molecule has 6 nitrogen and oxygen atoms in total. The summed E-state index contributed by atoms with van der Waals surface area (Å²) in [6.45, 7) is 3.32. The molecule has 0 radical (unpaired) electrons. The average molecular weight is 314 g/mol. The van der Waals surface area contributed by atoms with Crippen molar-refractivity contribution < 1.29 is 9.66 Å². The van der Waals surface area contributed by atoms with Crippen molar-refractivity contribution in [3.05, 3.63) is 49.9 Å². The first-order valence-corrected chi connectivity index (χ1v) is 6.25. The zero-order valence-electron chi connectivity index (χ0n) is 10.6. The van der Waals surface area contributed by atoms with E-state index in [0.717, 1.165) is 0 Å². The van der Waals surface area contributed by atoms with Crippen molar-refractivity contribution in [2.75, 3.05) is 0 Å². The second-order valence-corrected chi connectivity index (χ2v) is 4.80. The lowest BCUT2D eigenvalue weighted by Crippen LogP contribution is -1.97. The van der Waals surface area contributed by atoms with Gasteiger partial charge < -0.3 is 4.74 Å². The van der Waals surface area contributed by atoms with Crippen LogP contribution in [-0.2, 0) is 0 Å². The van der Waals surface area contributed by atoms with Gasteiger partial charge in [0.05, 0.1) is 11.1 Å². The maximum absolute atomic E-state index is 10.8.